The number of halogens is 1. The number of aryl methyl sites for hydroxylation is 1. The molecule has 5 heteroatoms. The van der Waals surface area contributed by atoms with Crippen molar-refractivity contribution in [2.24, 2.45) is 0 Å². The van der Waals surface area contributed by atoms with Crippen LogP contribution in [0.15, 0.2) is 42.6 Å². The van der Waals surface area contributed by atoms with Crippen LogP contribution in [0.4, 0.5) is 0 Å². The van der Waals surface area contributed by atoms with E-state index in [9.17, 15) is 9.90 Å². The third-order valence-electron chi connectivity index (χ3n) is 3.12. The lowest BCUT2D eigenvalue weighted by atomic mass is 10.1. The summed E-state index contributed by atoms with van der Waals surface area (Å²) in [5.41, 5.74) is 2.80. The summed E-state index contributed by atoms with van der Waals surface area (Å²) in [6, 6.07) is 11.1. The van der Waals surface area contributed by atoms with Gasteiger partial charge in [-0.2, -0.15) is 0 Å². The van der Waals surface area contributed by atoms with Crippen LogP contribution in [0.3, 0.4) is 0 Å². The van der Waals surface area contributed by atoms with Crippen LogP contribution in [0.1, 0.15) is 16.1 Å². The van der Waals surface area contributed by atoms with Crippen molar-refractivity contribution < 1.29 is 9.90 Å². The van der Waals surface area contributed by atoms with E-state index in [1.807, 2.05) is 37.3 Å². The molecule has 2 heterocycles. The van der Waals surface area contributed by atoms with Gasteiger partial charge in [0.15, 0.2) is 5.69 Å². The van der Waals surface area contributed by atoms with Gasteiger partial charge >= 0.3 is 5.97 Å². The monoisotopic (exact) mass is 286 g/mol. The van der Waals surface area contributed by atoms with Gasteiger partial charge in [-0.05, 0) is 18.6 Å². The molecule has 3 rings (SSSR count). The van der Waals surface area contributed by atoms with Gasteiger partial charge in [0.1, 0.15) is 5.65 Å². The summed E-state index contributed by atoms with van der Waals surface area (Å²) in [7, 11) is 0. The van der Waals surface area contributed by atoms with E-state index < -0.39 is 5.97 Å². The standard InChI is InChI=1S/C15H11ClN2O2/c1-9-7-11(16)8-18-13(10-5-3-2-4-6-10)12(15(19)20)17-14(9)18/h2-8H,1H3,(H,19,20). The fourth-order valence-electron chi connectivity index (χ4n) is 2.29. The second kappa shape index (κ2) is 4.65. The summed E-state index contributed by atoms with van der Waals surface area (Å²) in [4.78, 5) is 15.7. The number of pyridine rings is 1. The quantitative estimate of drug-likeness (QED) is 0.782. The van der Waals surface area contributed by atoms with Crippen LogP contribution in [-0.2, 0) is 0 Å². The molecule has 0 spiro atoms. The fraction of sp³-hybridized carbons (Fsp3) is 0.0667. The molecule has 4 nitrogen and oxygen atoms in total. The molecular weight excluding hydrogens is 276 g/mol. The van der Waals surface area contributed by atoms with E-state index in [1.165, 1.54) is 0 Å². The number of benzene rings is 1. The molecule has 0 atom stereocenters. The summed E-state index contributed by atoms with van der Waals surface area (Å²) in [6.45, 7) is 1.86. The Morgan fingerprint density at radius 3 is 2.65 bits per heavy atom. The molecule has 0 amide bonds. The zero-order valence-corrected chi connectivity index (χ0v) is 11.4. The highest BCUT2D eigenvalue weighted by Crippen LogP contribution is 2.28. The van der Waals surface area contributed by atoms with Crippen molar-refractivity contribution in [3.05, 3.63) is 58.9 Å². The molecule has 20 heavy (non-hydrogen) atoms. The first-order valence-electron chi connectivity index (χ1n) is 6.05. The molecule has 0 radical (unpaired) electrons. The van der Waals surface area contributed by atoms with Crippen molar-refractivity contribution in [3.63, 3.8) is 0 Å². The molecule has 3 aromatic rings. The first-order valence-corrected chi connectivity index (χ1v) is 6.42. The third-order valence-corrected chi connectivity index (χ3v) is 3.33. The Morgan fingerprint density at radius 2 is 2.00 bits per heavy atom. The molecule has 0 aliphatic rings. The Kier molecular flexibility index (Phi) is 2.95. The molecule has 0 saturated carbocycles. The van der Waals surface area contributed by atoms with Gasteiger partial charge in [-0.15, -0.1) is 0 Å². The number of carboxylic acids is 1. The number of nitrogens with zero attached hydrogens (tertiary/aromatic N) is 2. The summed E-state index contributed by atoms with van der Waals surface area (Å²) < 4.78 is 1.73. The summed E-state index contributed by atoms with van der Waals surface area (Å²) in [5, 5.41) is 9.92. The average Bonchev–Trinajstić information content (AvgIpc) is 2.79. The minimum Gasteiger partial charge on any atom is -0.476 e. The highest BCUT2D eigenvalue weighted by atomic mass is 35.5. The van der Waals surface area contributed by atoms with Crippen LogP contribution in [0, 0.1) is 6.92 Å². The number of imidazole rings is 1. The molecule has 0 aliphatic heterocycles. The van der Waals surface area contributed by atoms with Crippen molar-refractivity contribution in [1.29, 1.82) is 0 Å². The maximum absolute atomic E-state index is 11.5. The number of aromatic nitrogens is 2. The normalized spacial score (nSPS) is 10.9. The molecule has 0 bridgehead atoms. The Balaban J connectivity index is 2.44. The summed E-state index contributed by atoms with van der Waals surface area (Å²) >= 11 is 6.08. The van der Waals surface area contributed by atoms with E-state index in [4.69, 9.17) is 11.6 Å². The maximum Gasteiger partial charge on any atom is 0.356 e. The van der Waals surface area contributed by atoms with E-state index in [0.717, 1.165) is 11.1 Å². The number of aromatic carboxylic acids is 1. The number of hydrogen-bond acceptors (Lipinski definition) is 2. The van der Waals surface area contributed by atoms with Gasteiger partial charge in [0.2, 0.25) is 0 Å². The first-order chi connectivity index (χ1) is 9.58. The highest BCUT2D eigenvalue weighted by Gasteiger charge is 2.20. The number of carbonyl (C=O) groups is 1. The lowest BCUT2D eigenvalue weighted by molar-refractivity contribution is 0.0692. The second-order valence-electron chi connectivity index (χ2n) is 4.52. The molecule has 0 saturated heterocycles. The largest absolute Gasteiger partial charge is 0.476 e. The molecule has 2 aromatic heterocycles. The molecule has 0 unspecified atom stereocenters. The summed E-state index contributed by atoms with van der Waals surface area (Å²) in [6.07, 6.45) is 1.69. The van der Waals surface area contributed by atoms with Crippen molar-refractivity contribution in [1.82, 2.24) is 9.38 Å². The molecule has 100 valence electrons. The van der Waals surface area contributed by atoms with Crippen LogP contribution in [0.25, 0.3) is 16.9 Å². The highest BCUT2D eigenvalue weighted by molar-refractivity contribution is 6.30. The zero-order valence-electron chi connectivity index (χ0n) is 10.7. The van der Waals surface area contributed by atoms with E-state index >= 15 is 0 Å². The smallest absolute Gasteiger partial charge is 0.356 e. The number of carboxylic acid groups (broad SMARTS) is 1. The van der Waals surface area contributed by atoms with Gasteiger partial charge in [0.25, 0.3) is 0 Å². The topological polar surface area (TPSA) is 54.6 Å². The molecule has 0 aliphatic carbocycles. The van der Waals surface area contributed by atoms with Gasteiger partial charge < -0.3 is 5.11 Å². The number of hydrogen-bond donors (Lipinski definition) is 1. The minimum atomic E-state index is -1.05. The Bertz CT molecular complexity index is 810. The number of rotatable bonds is 2. The minimum absolute atomic E-state index is 0.0292. The van der Waals surface area contributed by atoms with Crippen molar-refractivity contribution in [2.75, 3.05) is 0 Å². The Morgan fingerprint density at radius 1 is 1.30 bits per heavy atom. The van der Waals surface area contributed by atoms with Crippen LogP contribution >= 0.6 is 11.6 Å². The van der Waals surface area contributed by atoms with Gasteiger partial charge in [0, 0.05) is 11.8 Å². The summed E-state index contributed by atoms with van der Waals surface area (Å²) in [5.74, 6) is -1.05. The SMILES string of the molecule is Cc1cc(Cl)cn2c(-c3ccccc3)c(C(=O)O)nc12. The van der Waals surface area contributed by atoms with E-state index in [0.29, 0.717) is 16.4 Å². The first kappa shape index (κ1) is 12.7. The van der Waals surface area contributed by atoms with Crippen LogP contribution in [0.5, 0.6) is 0 Å². The molecule has 1 aromatic carbocycles. The van der Waals surface area contributed by atoms with Gasteiger partial charge in [-0.25, -0.2) is 9.78 Å². The fourth-order valence-corrected chi connectivity index (χ4v) is 2.55. The van der Waals surface area contributed by atoms with E-state index in [-0.39, 0.29) is 5.69 Å². The van der Waals surface area contributed by atoms with Crippen LogP contribution < -0.4 is 0 Å². The van der Waals surface area contributed by atoms with Crippen molar-refractivity contribution in [2.45, 2.75) is 6.92 Å². The Hall–Kier alpha value is -2.33. The van der Waals surface area contributed by atoms with E-state index in [2.05, 4.69) is 4.98 Å². The predicted octanol–water partition coefficient (Wildman–Crippen LogP) is 3.66. The molecular formula is C15H11ClN2O2. The second-order valence-corrected chi connectivity index (χ2v) is 4.95. The lowest BCUT2D eigenvalue weighted by Gasteiger charge is -2.05. The van der Waals surface area contributed by atoms with Crippen LogP contribution in [0.2, 0.25) is 5.02 Å². The zero-order chi connectivity index (χ0) is 14.3. The van der Waals surface area contributed by atoms with Gasteiger partial charge in [0.05, 0.1) is 10.7 Å². The third kappa shape index (κ3) is 1.94. The van der Waals surface area contributed by atoms with Gasteiger partial charge in [-0.3, -0.25) is 4.40 Å². The van der Waals surface area contributed by atoms with Crippen molar-refractivity contribution >= 4 is 23.2 Å². The maximum atomic E-state index is 11.5. The van der Waals surface area contributed by atoms with E-state index in [1.54, 1.807) is 16.7 Å². The number of fused-ring (bicyclic) bond motifs is 1. The van der Waals surface area contributed by atoms with Crippen LogP contribution in [-0.4, -0.2) is 20.5 Å². The molecule has 1 N–H and O–H groups in total. The average molecular weight is 287 g/mol. The molecule has 0 fully saturated rings. The van der Waals surface area contributed by atoms with Crippen molar-refractivity contribution in [3.8, 4) is 11.3 Å². The predicted molar refractivity (Wildman–Crippen MR) is 77.3 cm³/mol. The van der Waals surface area contributed by atoms with Gasteiger partial charge in [-0.1, -0.05) is 41.9 Å². The lowest BCUT2D eigenvalue weighted by Crippen LogP contribution is -2.00. The Labute approximate surface area is 120 Å².